The number of anilines is 1. The fourth-order valence-corrected chi connectivity index (χ4v) is 9.70. The number of methoxy groups -OCH3 is 1. The number of ether oxygens (including phenoxy) is 2. The van der Waals surface area contributed by atoms with Gasteiger partial charge in [0.15, 0.2) is 0 Å². The molecule has 10 heteroatoms. The monoisotopic (exact) mass is 724 g/mol. The van der Waals surface area contributed by atoms with E-state index in [9.17, 15) is 9.00 Å². The number of carbonyl (C=O) groups is 1. The Labute approximate surface area is 307 Å². The maximum absolute atomic E-state index is 13.5. The Kier molecular flexibility index (Phi) is 12.3. The molecule has 50 heavy (non-hydrogen) atoms. The number of fused-ring (bicyclic) bond motifs is 2. The molecule has 1 saturated heterocycles. The lowest BCUT2D eigenvalue weighted by Crippen LogP contribution is -2.58. The predicted octanol–water partition coefficient (Wildman–Crippen LogP) is 6.70. The number of hydrogen-bond acceptors (Lipinski definition) is 7. The van der Waals surface area contributed by atoms with E-state index >= 15 is 0 Å². The Balaban J connectivity index is 1.38. The van der Waals surface area contributed by atoms with Gasteiger partial charge in [0, 0.05) is 69.4 Å². The molecule has 0 spiro atoms. The largest absolute Gasteiger partial charge is 0.491 e. The summed E-state index contributed by atoms with van der Waals surface area (Å²) >= 11 is 6.49. The van der Waals surface area contributed by atoms with Crippen LogP contribution in [-0.2, 0) is 22.1 Å². The molecule has 7 atom stereocenters. The first-order chi connectivity index (χ1) is 24.1. The minimum atomic E-state index is -1.54. The van der Waals surface area contributed by atoms with Gasteiger partial charge in [0.25, 0.3) is 5.91 Å². The summed E-state index contributed by atoms with van der Waals surface area (Å²) in [6.45, 7) is 16.9. The van der Waals surface area contributed by atoms with Crippen molar-refractivity contribution in [1.29, 1.82) is 0 Å². The number of allylic oxidation sites excluding steroid dienone is 1. The topological polar surface area (TPSA) is 74.3 Å². The molecule has 8 nitrogen and oxygen atoms in total. The minimum absolute atomic E-state index is 0.110. The van der Waals surface area contributed by atoms with Crippen molar-refractivity contribution in [2.45, 2.75) is 76.6 Å². The lowest BCUT2D eigenvalue weighted by molar-refractivity contribution is -0.0952. The van der Waals surface area contributed by atoms with E-state index in [1.54, 1.807) is 6.07 Å². The molecule has 2 fully saturated rings. The van der Waals surface area contributed by atoms with Crippen LogP contribution < -0.4 is 14.4 Å². The van der Waals surface area contributed by atoms with E-state index in [-0.39, 0.29) is 23.0 Å². The average molecular weight is 725 g/mol. The number of amides is 1. The van der Waals surface area contributed by atoms with Crippen LogP contribution in [0.1, 0.15) is 80.8 Å². The second kappa shape index (κ2) is 16.5. The number of likely N-dealkylation sites (N-methyl/N-ethyl adjacent to an activating group) is 1. The summed E-state index contributed by atoms with van der Waals surface area (Å²) in [4.78, 5) is 21.1. The van der Waals surface area contributed by atoms with Crippen LogP contribution in [0.5, 0.6) is 5.75 Å². The number of halogens is 1. The highest BCUT2D eigenvalue weighted by molar-refractivity contribution is 7.84. The quantitative estimate of drug-likeness (QED) is 0.319. The van der Waals surface area contributed by atoms with Crippen LogP contribution in [0.15, 0.2) is 48.6 Å². The van der Waals surface area contributed by atoms with Crippen molar-refractivity contribution in [1.82, 2.24) is 14.5 Å². The van der Waals surface area contributed by atoms with E-state index in [4.69, 9.17) is 21.1 Å². The van der Waals surface area contributed by atoms with Crippen molar-refractivity contribution in [2.24, 2.45) is 17.8 Å². The highest BCUT2D eigenvalue weighted by Crippen LogP contribution is 2.47. The Morgan fingerprint density at radius 1 is 1.04 bits per heavy atom. The maximum Gasteiger partial charge on any atom is 0.263 e. The first kappa shape index (κ1) is 37.3. The second-order valence-corrected chi connectivity index (χ2v) is 17.0. The van der Waals surface area contributed by atoms with Crippen molar-refractivity contribution in [3.05, 3.63) is 70.3 Å². The third-order valence-corrected chi connectivity index (χ3v) is 13.8. The number of hydrogen-bond donors (Lipinski definition) is 1. The van der Waals surface area contributed by atoms with Crippen LogP contribution in [0.3, 0.4) is 0 Å². The van der Waals surface area contributed by atoms with Crippen molar-refractivity contribution in [2.75, 3.05) is 71.0 Å². The van der Waals surface area contributed by atoms with Gasteiger partial charge in [-0.2, -0.15) is 0 Å². The van der Waals surface area contributed by atoms with Crippen LogP contribution in [-0.4, -0.2) is 96.8 Å². The summed E-state index contributed by atoms with van der Waals surface area (Å²) in [7, 11) is 0.357. The molecule has 3 aliphatic heterocycles. The van der Waals surface area contributed by atoms with Gasteiger partial charge in [-0.1, -0.05) is 57.0 Å². The third kappa shape index (κ3) is 8.12. The lowest BCUT2D eigenvalue weighted by atomic mass is 9.63. The Hall–Kier alpha value is -2.43. The highest BCUT2D eigenvalue weighted by atomic mass is 35.5. The summed E-state index contributed by atoms with van der Waals surface area (Å²) < 4.78 is 29.5. The number of aryl methyl sites for hydroxylation is 1. The molecule has 2 bridgehead atoms. The van der Waals surface area contributed by atoms with Gasteiger partial charge < -0.3 is 19.3 Å². The molecule has 1 N–H and O–H groups in total. The summed E-state index contributed by atoms with van der Waals surface area (Å²) in [5.41, 5.74) is 3.54. The number of nitrogens with zero attached hydrogens (tertiary/aromatic N) is 3. The molecule has 1 saturated carbocycles. The zero-order valence-electron chi connectivity index (χ0n) is 30.7. The van der Waals surface area contributed by atoms with Crippen molar-refractivity contribution >= 4 is 34.2 Å². The predicted molar refractivity (Wildman–Crippen MR) is 205 cm³/mol. The van der Waals surface area contributed by atoms with Gasteiger partial charge >= 0.3 is 0 Å². The maximum atomic E-state index is 13.5. The summed E-state index contributed by atoms with van der Waals surface area (Å²) in [5, 5.41) is 0.541. The Morgan fingerprint density at radius 3 is 2.52 bits per heavy atom. The number of rotatable bonds is 7. The number of piperazine rings is 1. The summed E-state index contributed by atoms with van der Waals surface area (Å²) in [6.07, 6.45) is 9.59. The van der Waals surface area contributed by atoms with Crippen LogP contribution >= 0.6 is 11.6 Å². The van der Waals surface area contributed by atoms with E-state index in [1.165, 1.54) is 11.1 Å². The lowest BCUT2D eigenvalue weighted by Gasteiger charge is -2.52. The fourth-order valence-electron chi connectivity index (χ4n) is 8.49. The molecule has 2 aromatic carbocycles. The molecule has 0 aromatic heterocycles. The molecule has 2 aromatic rings. The highest BCUT2D eigenvalue weighted by Gasteiger charge is 2.48. The zero-order chi connectivity index (χ0) is 35.4. The molecule has 7 unspecified atom stereocenters. The van der Waals surface area contributed by atoms with E-state index in [0.717, 1.165) is 101 Å². The third-order valence-electron chi connectivity index (χ3n) is 12.0. The molecular formula is C40H57ClN4O4S. The smallest absolute Gasteiger partial charge is 0.263 e. The number of benzene rings is 2. The van der Waals surface area contributed by atoms with E-state index in [0.29, 0.717) is 24.0 Å². The zero-order valence-corrected chi connectivity index (χ0v) is 32.2. The molecule has 274 valence electrons. The van der Waals surface area contributed by atoms with Gasteiger partial charge in [0.2, 0.25) is 0 Å². The van der Waals surface area contributed by atoms with Crippen LogP contribution in [0.25, 0.3) is 0 Å². The first-order valence-corrected chi connectivity index (χ1v) is 20.4. The van der Waals surface area contributed by atoms with Crippen molar-refractivity contribution in [3.63, 3.8) is 0 Å². The molecule has 0 radical (unpaired) electrons. The molecule has 3 heterocycles. The first-order valence-electron chi connectivity index (χ1n) is 18.8. The molecule has 1 amide bonds. The number of carbonyl (C=O) groups excluding carboxylic acids is 1. The Bertz CT molecular complexity index is 1550. The SMILES string of the molecule is CCCc1cc(Cl)ccc1C1COc2ccc3cc2N(C1)CC1CCC1C(CN1CCN(CC)CC1)(OC)/C=C/CC(C)C(C)S(=O)NC3=O. The van der Waals surface area contributed by atoms with Crippen LogP contribution in [0.2, 0.25) is 5.02 Å². The molecular weight excluding hydrogens is 668 g/mol. The van der Waals surface area contributed by atoms with Gasteiger partial charge in [-0.3, -0.25) is 14.4 Å². The average Bonchev–Trinajstić information content (AvgIpc) is 3.28. The van der Waals surface area contributed by atoms with Crippen LogP contribution in [0, 0.1) is 17.8 Å². The van der Waals surface area contributed by atoms with Gasteiger partial charge in [-0.05, 0) is 98.4 Å². The van der Waals surface area contributed by atoms with Gasteiger partial charge in [-0.15, -0.1) is 0 Å². The van der Waals surface area contributed by atoms with Gasteiger partial charge in [-0.25, -0.2) is 4.21 Å². The summed E-state index contributed by atoms with van der Waals surface area (Å²) in [6, 6.07) is 11.9. The van der Waals surface area contributed by atoms with Gasteiger partial charge in [0.1, 0.15) is 22.3 Å². The summed E-state index contributed by atoms with van der Waals surface area (Å²) in [5.74, 6) is 1.43. The second-order valence-electron chi connectivity index (χ2n) is 15.1. The van der Waals surface area contributed by atoms with E-state index in [1.807, 2.05) is 32.2 Å². The molecule has 4 aliphatic rings. The van der Waals surface area contributed by atoms with Crippen molar-refractivity contribution in [3.8, 4) is 5.75 Å². The number of nitrogens with one attached hydrogen (secondary N) is 1. The van der Waals surface area contributed by atoms with Crippen molar-refractivity contribution < 1.29 is 18.5 Å². The van der Waals surface area contributed by atoms with E-state index < -0.39 is 16.6 Å². The fraction of sp³-hybridized carbons (Fsp3) is 0.625. The van der Waals surface area contributed by atoms with E-state index in [2.05, 4.69) is 64.5 Å². The Morgan fingerprint density at radius 2 is 1.82 bits per heavy atom. The normalized spacial score (nSPS) is 31.9. The van der Waals surface area contributed by atoms with Crippen LogP contribution in [0.4, 0.5) is 5.69 Å². The molecule has 6 rings (SSSR count). The molecule has 1 aliphatic carbocycles. The van der Waals surface area contributed by atoms with Gasteiger partial charge in [0.05, 0.1) is 17.5 Å². The minimum Gasteiger partial charge on any atom is -0.491 e. The standard InChI is InChI=1S/C40H57ClN4O4S/c1-6-9-30-22-34(41)13-14-35(30)33-25-45-24-32-11-15-36(32)40(48-5,27-44-20-18-43(7-2)19-21-44)17-8-10-28(3)29(4)50(47)42-39(46)31-12-16-38(49-26-33)37(45)23-31/h8,12-14,16-17,22-23,28-29,32-33,36H,6-7,9-11,15,18-21,24-27H2,1-5H3,(H,42,46)/b17-8+.